The lowest BCUT2D eigenvalue weighted by molar-refractivity contribution is -0.111. The third-order valence-electron chi connectivity index (χ3n) is 3.85. The number of amides is 1. The van der Waals surface area contributed by atoms with Gasteiger partial charge in [0.1, 0.15) is 5.65 Å². The van der Waals surface area contributed by atoms with Gasteiger partial charge in [-0.05, 0) is 18.2 Å². The van der Waals surface area contributed by atoms with E-state index in [9.17, 15) is 4.79 Å². The Morgan fingerprint density at radius 2 is 1.85 bits per heavy atom. The van der Waals surface area contributed by atoms with Crippen molar-refractivity contribution in [1.82, 2.24) is 9.38 Å². The lowest BCUT2D eigenvalue weighted by Gasteiger charge is -2.14. The molecule has 0 aliphatic rings. The van der Waals surface area contributed by atoms with Crippen molar-refractivity contribution in [3.05, 3.63) is 53.5 Å². The van der Waals surface area contributed by atoms with Crippen molar-refractivity contribution >= 4 is 34.9 Å². The largest absolute Gasteiger partial charge is 0.493 e. The van der Waals surface area contributed by atoms with Crippen molar-refractivity contribution in [3.63, 3.8) is 0 Å². The quantitative estimate of drug-likeness (QED) is 0.653. The molecular formula is C19H18ClN3O4. The molecule has 0 saturated heterocycles. The highest BCUT2D eigenvalue weighted by molar-refractivity contribution is 6.31. The summed E-state index contributed by atoms with van der Waals surface area (Å²) < 4.78 is 17.6. The van der Waals surface area contributed by atoms with Gasteiger partial charge in [-0.1, -0.05) is 17.7 Å². The van der Waals surface area contributed by atoms with Crippen LogP contribution in [0.5, 0.6) is 17.2 Å². The van der Waals surface area contributed by atoms with E-state index in [1.54, 1.807) is 22.6 Å². The number of ether oxygens (including phenoxy) is 3. The second-order valence-electron chi connectivity index (χ2n) is 5.45. The number of benzene rings is 1. The zero-order chi connectivity index (χ0) is 19.4. The Labute approximate surface area is 161 Å². The van der Waals surface area contributed by atoms with Crippen LogP contribution in [0.15, 0.2) is 42.6 Å². The normalized spacial score (nSPS) is 11.0. The molecule has 7 nitrogen and oxygen atoms in total. The summed E-state index contributed by atoms with van der Waals surface area (Å²) in [5.41, 5.74) is 1.82. The first-order valence-electron chi connectivity index (χ1n) is 7.99. The number of fused-ring (bicyclic) bond motifs is 1. The number of nitrogens with zero attached hydrogens (tertiary/aromatic N) is 2. The molecule has 0 spiro atoms. The van der Waals surface area contributed by atoms with Gasteiger partial charge in [-0.3, -0.25) is 9.20 Å². The topological polar surface area (TPSA) is 74.1 Å². The monoisotopic (exact) mass is 387 g/mol. The van der Waals surface area contributed by atoms with Gasteiger partial charge in [0.15, 0.2) is 16.7 Å². The first kappa shape index (κ1) is 18.6. The highest BCUT2D eigenvalue weighted by Crippen LogP contribution is 2.39. The molecule has 0 atom stereocenters. The van der Waals surface area contributed by atoms with E-state index in [0.29, 0.717) is 39.4 Å². The van der Waals surface area contributed by atoms with Gasteiger partial charge in [0.05, 0.1) is 27.0 Å². The van der Waals surface area contributed by atoms with Gasteiger partial charge in [0.2, 0.25) is 11.7 Å². The van der Waals surface area contributed by atoms with Crippen LogP contribution in [0.1, 0.15) is 5.69 Å². The molecule has 1 N–H and O–H groups in total. The van der Waals surface area contributed by atoms with Crippen molar-refractivity contribution in [1.29, 1.82) is 0 Å². The molecule has 0 bridgehead atoms. The highest BCUT2D eigenvalue weighted by atomic mass is 35.5. The van der Waals surface area contributed by atoms with E-state index < -0.39 is 0 Å². The summed E-state index contributed by atoms with van der Waals surface area (Å²) in [5.74, 6) is 0.999. The zero-order valence-electron chi connectivity index (χ0n) is 15.0. The van der Waals surface area contributed by atoms with Crippen LogP contribution in [-0.4, -0.2) is 36.6 Å². The second kappa shape index (κ2) is 8.01. The van der Waals surface area contributed by atoms with Gasteiger partial charge in [-0.25, -0.2) is 4.98 Å². The Morgan fingerprint density at radius 3 is 2.48 bits per heavy atom. The molecule has 3 aromatic rings. The summed E-state index contributed by atoms with van der Waals surface area (Å²) in [6.45, 7) is 0. The average Bonchev–Trinajstić information content (AvgIpc) is 3.00. The molecule has 0 radical (unpaired) electrons. The lowest BCUT2D eigenvalue weighted by Crippen LogP contribution is -2.08. The molecule has 0 aliphatic carbocycles. The van der Waals surface area contributed by atoms with Gasteiger partial charge < -0.3 is 19.5 Å². The fourth-order valence-corrected chi connectivity index (χ4v) is 2.87. The number of carbonyl (C=O) groups excluding carboxylic acids is 1. The predicted molar refractivity (Wildman–Crippen MR) is 104 cm³/mol. The number of rotatable bonds is 6. The number of hydrogen-bond donors (Lipinski definition) is 1. The summed E-state index contributed by atoms with van der Waals surface area (Å²) in [7, 11) is 4.53. The van der Waals surface area contributed by atoms with Crippen molar-refractivity contribution < 1.29 is 19.0 Å². The Morgan fingerprint density at radius 1 is 1.15 bits per heavy atom. The molecule has 1 amide bonds. The van der Waals surface area contributed by atoms with E-state index >= 15 is 0 Å². The number of halogens is 1. The molecule has 0 fully saturated rings. The maximum Gasteiger partial charge on any atom is 0.248 e. The average molecular weight is 388 g/mol. The van der Waals surface area contributed by atoms with Gasteiger partial charge in [-0.15, -0.1) is 0 Å². The molecule has 0 aliphatic heterocycles. The number of methoxy groups -OCH3 is 3. The van der Waals surface area contributed by atoms with Crippen LogP contribution in [0.2, 0.25) is 5.15 Å². The summed E-state index contributed by atoms with van der Waals surface area (Å²) in [6.07, 6.45) is 4.81. The van der Waals surface area contributed by atoms with Crippen LogP contribution in [-0.2, 0) is 4.79 Å². The lowest BCUT2D eigenvalue weighted by atomic mass is 10.2. The molecule has 0 unspecified atom stereocenters. The van der Waals surface area contributed by atoms with E-state index in [0.717, 1.165) is 0 Å². The predicted octanol–water partition coefficient (Wildman–Crippen LogP) is 3.67. The highest BCUT2D eigenvalue weighted by Gasteiger charge is 2.14. The maximum atomic E-state index is 12.3. The van der Waals surface area contributed by atoms with Gasteiger partial charge in [0, 0.05) is 30.1 Å². The van der Waals surface area contributed by atoms with Crippen molar-refractivity contribution in [2.24, 2.45) is 0 Å². The zero-order valence-corrected chi connectivity index (χ0v) is 15.8. The molecule has 27 heavy (non-hydrogen) atoms. The molecule has 2 heterocycles. The molecule has 8 heteroatoms. The minimum atomic E-state index is -0.341. The number of carbonyl (C=O) groups is 1. The molecular weight excluding hydrogens is 370 g/mol. The van der Waals surface area contributed by atoms with Crippen LogP contribution in [0, 0.1) is 0 Å². The Kier molecular flexibility index (Phi) is 5.52. The van der Waals surface area contributed by atoms with Crippen LogP contribution >= 0.6 is 11.6 Å². The molecule has 2 aromatic heterocycles. The fraction of sp³-hybridized carbons (Fsp3) is 0.158. The number of aromatic nitrogens is 2. The minimum absolute atomic E-state index is 0.318. The first-order valence-corrected chi connectivity index (χ1v) is 8.36. The number of nitrogens with one attached hydrogen (secondary N) is 1. The molecule has 140 valence electrons. The van der Waals surface area contributed by atoms with Crippen LogP contribution in [0.25, 0.3) is 11.7 Å². The van der Waals surface area contributed by atoms with Gasteiger partial charge >= 0.3 is 0 Å². The molecule has 0 saturated carbocycles. The van der Waals surface area contributed by atoms with E-state index in [-0.39, 0.29) is 5.91 Å². The number of pyridine rings is 1. The van der Waals surface area contributed by atoms with Crippen LogP contribution in [0.3, 0.4) is 0 Å². The van der Waals surface area contributed by atoms with Crippen molar-refractivity contribution in [3.8, 4) is 17.2 Å². The summed E-state index contributed by atoms with van der Waals surface area (Å²) >= 11 is 6.16. The smallest absolute Gasteiger partial charge is 0.248 e. The number of hydrogen-bond acceptors (Lipinski definition) is 5. The SMILES string of the molecule is COc1cc(NC(=O)/C=C/c2c(Cl)nc3ccccn23)cc(OC)c1OC. The van der Waals surface area contributed by atoms with E-state index in [1.807, 2.05) is 24.4 Å². The third kappa shape index (κ3) is 3.83. The summed E-state index contributed by atoms with van der Waals surface area (Å²) in [4.78, 5) is 16.6. The third-order valence-corrected chi connectivity index (χ3v) is 4.12. The Hall–Kier alpha value is -3.19. The van der Waals surface area contributed by atoms with Gasteiger partial charge in [0.25, 0.3) is 0 Å². The number of imidazole rings is 1. The van der Waals surface area contributed by atoms with Crippen molar-refractivity contribution in [2.45, 2.75) is 0 Å². The summed E-state index contributed by atoms with van der Waals surface area (Å²) in [5, 5.41) is 3.08. The Balaban J connectivity index is 1.83. The summed E-state index contributed by atoms with van der Waals surface area (Å²) in [6, 6.07) is 8.85. The van der Waals surface area contributed by atoms with Crippen molar-refractivity contribution in [2.75, 3.05) is 26.6 Å². The van der Waals surface area contributed by atoms with Gasteiger partial charge in [-0.2, -0.15) is 0 Å². The number of anilines is 1. The second-order valence-corrected chi connectivity index (χ2v) is 5.81. The Bertz CT molecular complexity index is 988. The maximum absolute atomic E-state index is 12.3. The van der Waals surface area contributed by atoms with Crippen LogP contribution in [0.4, 0.5) is 5.69 Å². The van der Waals surface area contributed by atoms with E-state index in [1.165, 1.54) is 27.4 Å². The standard InChI is InChI=1S/C19H18ClN3O4/c1-25-14-10-12(11-15(26-2)18(14)27-3)21-17(24)8-7-13-19(20)22-16-6-4-5-9-23(13)16/h4-11H,1-3H3,(H,21,24)/b8-7+. The molecule has 1 aromatic carbocycles. The van der Waals surface area contributed by atoms with E-state index in [2.05, 4.69) is 10.3 Å². The van der Waals surface area contributed by atoms with E-state index in [4.69, 9.17) is 25.8 Å². The first-order chi connectivity index (χ1) is 13.1. The molecule has 3 rings (SSSR count). The van der Waals surface area contributed by atoms with Crippen LogP contribution < -0.4 is 19.5 Å². The fourth-order valence-electron chi connectivity index (χ4n) is 2.63. The minimum Gasteiger partial charge on any atom is -0.493 e.